The molecule has 0 aliphatic rings. The highest BCUT2D eigenvalue weighted by Gasteiger charge is 2.22. The number of nitrogens with zero attached hydrogens (tertiary/aromatic N) is 3. The van der Waals surface area contributed by atoms with Crippen LogP contribution in [0.1, 0.15) is 33.4 Å². The SMILES string of the molecule is CCOS(=N)(=O)c1ccc(-n2nc(C(C)(C)C)cc2NC(=O)Nc2ccc3ccccc3n2)cc1. The number of hydrogen-bond acceptors (Lipinski definition) is 6. The molecule has 0 spiro atoms. The van der Waals surface area contributed by atoms with Crippen molar-refractivity contribution in [3.8, 4) is 5.69 Å². The highest BCUT2D eigenvalue weighted by atomic mass is 32.2. The van der Waals surface area contributed by atoms with E-state index in [9.17, 15) is 9.00 Å². The van der Waals surface area contributed by atoms with Gasteiger partial charge in [0.25, 0.3) is 0 Å². The fourth-order valence-electron chi connectivity index (χ4n) is 3.43. The maximum Gasteiger partial charge on any atom is 0.326 e. The van der Waals surface area contributed by atoms with Gasteiger partial charge in [-0.3, -0.25) is 14.8 Å². The molecular formula is C25H28N6O3S. The molecule has 1 atom stereocenters. The summed E-state index contributed by atoms with van der Waals surface area (Å²) in [7, 11) is -3.32. The summed E-state index contributed by atoms with van der Waals surface area (Å²) in [6.07, 6.45) is 0. The summed E-state index contributed by atoms with van der Waals surface area (Å²) >= 11 is 0. The number of urea groups is 1. The first-order valence-corrected chi connectivity index (χ1v) is 12.6. The van der Waals surface area contributed by atoms with E-state index >= 15 is 0 Å². The Morgan fingerprint density at radius 3 is 2.46 bits per heavy atom. The van der Waals surface area contributed by atoms with Gasteiger partial charge < -0.3 is 0 Å². The molecule has 4 aromatic rings. The molecule has 0 saturated heterocycles. The number of pyridine rings is 1. The van der Waals surface area contributed by atoms with Gasteiger partial charge in [-0.2, -0.15) is 5.10 Å². The number of nitrogens with one attached hydrogen (secondary N) is 3. The predicted octanol–water partition coefficient (Wildman–Crippen LogP) is 5.72. The standard InChI is InChI=1S/C25H28N6O3S/c1-5-34-35(26,33)19-13-11-18(12-14-19)31-23(16-21(30-31)25(2,3)4)29-24(32)28-22-15-10-17-8-6-7-9-20(17)27-22/h6-16,26H,5H2,1-4H3,(H2,27,28,29,32). The molecule has 9 nitrogen and oxygen atoms in total. The Labute approximate surface area is 204 Å². The Morgan fingerprint density at radius 1 is 1.06 bits per heavy atom. The summed E-state index contributed by atoms with van der Waals surface area (Å²) < 4.78 is 27.0. The van der Waals surface area contributed by atoms with E-state index in [2.05, 4.69) is 15.6 Å². The average molecular weight is 493 g/mol. The second-order valence-electron chi connectivity index (χ2n) is 8.95. The summed E-state index contributed by atoms with van der Waals surface area (Å²) in [6, 6.07) is 19.2. The largest absolute Gasteiger partial charge is 0.326 e. The van der Waals surface area contributed by atoms with Crippen LogP contribution in [0, 0.1) is 4.78 Å². The van der Waals surface area contributed by atoms with Crippen molar-refractivity contribution in [3.63, 3.8) is 0 Å². The van der Waals surface area contributed by atoms with Crippen molar-refractivity contribution < 1.29 is 13.2 Å². The monoisotopic (exact) mass is 492 g/mol. The maximum atomic E-state index is 12.8. The summed E-state index contributed by atoms with van der Waals surface area (Å²) in [4.78, 5) is 17.6. The Morgan fingerprint density at radius 2 is 1.77 bits per heavy atom. The Kier molecular flexibility index (Phi) is 6.60. The molecule has 0 bridgehead atoms. The van der Waals surface area contributed by atoms with Crippen LogP contribution in [0.5, 0.6) is 0 Å². The molecular weight excluding hydrogens is 464 g/mol. The number of hydrogen-bond donors (Lipinski definition) is 3. The van der Waals surface area contributed by atoms with Crippen molar-refractivity contribution >= 4 is 38.6 Å². The summed E-state index contributed by atoms with van der Waals surface area (Å²) in [5, 5.41) is 11.3. The average Bonchev–Trinajstić information content (AvgIpc) is 3.23. The second kappa shape index (κ2) is 9.47. The zero-order valence-electron chi connectivity index (χ0n) is 20.0. The van der Waals surface area contributed by atoms with Crippen molar-refractivity contribution in [3.05, 3.63) is 72.4 Å². The van der Waals surface area contributed by atoms with E-state index in [1.807, 2.05) is 57.2 Å². The molecule has 35 heavy (non-hydrogen) atoms. The van der Waals surface area contributed by atoms with Crippen LogP contribution in [0.25, 0.3) is 16.6 Å². The second-order valence-corrected chi connectivity index (χ2v) is 10.7. The molecule has 0 fully saturated rings. The minimum absolute atomic E-state index is 0.174. The number of amides is 2. The number of rotatable bonds is 6. The Bertz CT molecular complexity index is 1470. The number of anilines is 2. The lowest BCUT2D eigenvalue weighted by molar-refractivity contribution is 0.262. The fraction of sp³-hybridized carbons (Fsp3) is 0.240. The van der Waals surface area contributed by atoms with Gasteiger partial charge in [0.05, 0.1) is 28.4 Å². The zero-order chi connectivity index (χ0) is 25.2. The highest BCUT2D eigenvalue weighted by Crippen LogP contribution is 2.27. The predicted molar refractivity (Wildman–Crippen MR) is 137 cm³/mol. The number of benzene rings is 2. The van der Waals surface area contributed by atoms with Crippen LogP contribution in [0.4, 0.5) is 16.4 Å². The third-order valence-electron chi connectivity index (χ3n) is 5.23. The molecule has 10 heteroatoms. The van der Waals surface area contributed by atoms with E-state index in [0.29, 0.717) is 17.3 Å². The molecule has 2 heterocycles. The topological polar surface area (TPSA) is 122 Å². The minimum Gasteiger partial charge on any atom is -0.292 e. The van der Waals surface area contributed by atoms with Gasteiger partial charge >= 0.3 is 6.03 Å². The normalized spacial score (nSPS) is 13.4. The van der Waals surface area contributed by atoms with Gasteiger partial charge in [-0.25, -0.2) is 23.4 Å². The smallest absolute Gasteiger partial charge is 0.292 e. The first kappa shape index (κ1) is 24.4. The van der Waals surface area contributed by atoms with Crippen LogP contribution in [0.15, 0.2) is 71.6 Å². The van der Waals surface area contributed by atoms with Crippen molar-refractivity contribution in [1.29, 1.82) is 4.78 Å². The quantitative estimate of drug-likeness (QED) is 0.318. The van der Waals surface area contributed by atoms with Crippen molar-refractivity contribution in [2.45, 2.75) is 38.0 Å². The van der Waals surface area contributed by atoms with Crippen molar-refractivity contribution in [1.82, 2.24) is 14.8 Å². The van der Waals surface area contributed by atoms with Crippen molar-refractivity contribution in [2.75, 3.05) is 17.2 Å². The van der Waals surface area contributed by atoms with E-state index in [4.69, 9.17) is 14.1 Å². The Balaban J connectivity index is 1.61. The molecule has 4 rings (SSSR count). The maximum absolute atomic E-state index is 12.8. The van der Waals surface area contributed by atoms with Gasteiger partial charge in [-0.15, -0.1) is 0 Å². The minimum atomic E-state index is -3.32. The van der Waals surface area contributed by atoms with E-state index in [-0.39, 0.29) is 16.9 Å². The number of carbonyl (C=O) groups is 1. The molecule has 3 N–H and O–H groups in total. The zero-order valence-corrected chi connectivity index (χ0v) is 20.8. The lowest BCUT2D eigenvalue weighted by atomic mass is 9.92. The molecule has 2 aromatic heterocycles. The fourth-order valence-corrected chi connectivity index (χ4v) is 4.40. The van der Waals surface area contributed by atoms with Gasteiger partial charge in [0.1, 0.15) is 11.6 Å². The van der Waals surface area contributed by atoms with E-state index < -0.39 is 16.0 Å². The molecule has 0 saturated carbocycles. The van der Waals surface area contributed by atoms with Gasteiger partial charge in [0.15, 0.2) is 10.0 Å². The van der Waals surface area contributed by atoms with Gasteiger partial charge in [0.2, 0.25) is 0 Å². The first-order valence-electron chi connectivity index (χ1n) is 11.1. The highest BCUT2D eigenvalue weighted by molar-refractivity contribution is 7.87. The van der Waals surface area contributed by atoms with Gasteiger partial charge in [0, 0.05) is 16.9 Å². The van der Waals surface area contributed by atoms with Gasteiger partial charge in [-0.1, -0.05) is 39.0 Å². The lowest BCUT2D eigenvalue weighted by Gasteiger charge is -2.14. The van der Waals surface area contributed by atoms with Gasteiger partial charge in [-0.05, 0) is 49.4 Å². The van der Waals surface area contributed by atoms with E-state index in [1.165, 1.54) is 0 Å². The third-order valence-corrected chi connectivity index (χ3v) is 6.70. The molecule has 0 radical (unpaired) electrons. The van der Waals surface area contributed by atoms with Crippen molar-refractivity contribution in [2.24, 2.45) is 0 Å². The number of fused-ring (bicyclic) bond motifs is 1. The molecule has 1 unspecified atom stereocenters. The lowest BCUT2D eigenvalue weighted by Crippen LogP contribution is -2.21. The molecule has 182 valence electrons. The number of para-hydroxylation sites is 1. The van der Waals surface area contributed by atoms with Crippen LogP contribution in [-0.2, 0) is 19.6 Å². The van der Waals surface area contributed by atoms with Crippen LogP contribution >= 0.6 is 0 Å². The summed E-state index contributed by atoms with van der Waals surface area (Å²) in [5.74, 6) is 0.881. The van der Waals surface area contributed by atoms with Crippen LogP contribution in [0.2, 0.25) is 0 Å². The molecule has 2 amide bonds. The Hall–Kier alpha value is -3.76. The van der Waals surface area contributed by atoms with Crippen LogP contribution in [0.3, 0.4) is 0 Å². The molecule has 0 aliphatic heterocycles. The van der Waals surface area contributed by atoms with Crippen LogP contribution < -0.4 is 10.6 Å². The number of carbonyl (C=O) groups excluding carboxylic acids is 1. The van der Waals surface area contributed by atoms with E-state index in [1.54, 1.807) is 41.9 Å². The van der Waals surface area contributed by atoms with Crippen LogP contribution in [-0.4, -0.2) is 31.6 Å². The third kappa shape index (κ3) is 5.50. The van der Waals surface area contributed by atoms with E-state index in [0.717, 1.165) is 16.6 Å². The first-order chi connectivity index (χ1) is 16.6. The summed E-state index contributed by atoms with van der Waals surface area (Å²) in [6.45, 7) is 7.96. The summed E-state index contributed by atoms with van der Waals surface area (Å²) in [5.41, 5.74) is 1.93. The molecule has 0 aliphatic carbocycles. The molecule has 2 aromatic carbocycles. The number of aromatic nitrogens is 3.